The third-order valence-electron chi connectivity index (χ3n) is 12.1. The summed E-state index contributed by atoms with van der Waals surface area (Å²) in [6.07, 6.45) is 1.89. The molecule has 0 aliphatic carbocycles. The van der Waals surface area contributed by atoms with Gasteiger partial charge in [-0.1, -0.05) is 147 Å². The first-order valence-electron chi connectivity index (χ1n) is 22.4. The molecule has 6 aromatic carbocycles. The van der Waals surface area contributed by atoms with Crippen LogP contribution in [0.15, 0.2) is 146 Å². The van der Waals surface area contributed by atoms with Crippen molar-refractivity contribution in [2.24, 2.45) is 0 Å². The van der Waals surface area contributed by atoms with Gasteiger partial charge < -0.3 is 32.8 Å². The van der Waals surface area contributed by atoms with E-state index in [-0.39, 0.29) is 37.1 Å². The summed E-state index contributed by atoms with van der Waals surface area (Å²) in [6.45, 7) is 21.6. The van der Waals surface area contributed by atoms with Gasteiger partial charge in [0.15, 0.2) is 0 Å². The molecule has 0 radical (unpaired) electrons. The second kappa shape index (κ2) is 17.6. The first-order chi connectivity index (χ1) is 31.1. The van der Waals surface area contributed by atoms with Crippen LogP contribution in [-0.4, -0.2) is 30.9 Å². The van der Waals surface area contributed by atoms with Crippen LogP contribution in [0.2, 0.25) is 10.6 Å². The molecule has 1 fully saturated rings. The molecule has 2 aromatic heterocycles. The molecule has 0 saturated carbocycles. The van der Waals surface area contributed by atoms with E-state index in [1.165, 1.54) is 5.56 Å². The summed E-state index contributed by atoms with van der Waals surface area (Å²) < 4.78 is 28.9. The summed E-state index contributed by atoms with van der Waals surface area (Å²) in [5.74, 6) is 1.98. The van der Waals surface area contributed by atoms with Crippen molar-refractivity contribution in [3.63, 3.8) is 0 Å². The van der Waals surface area contributed by atoms with Crippen LogP contribution in [0.5, 0.6) is 11.5 Å². The summed E-state index contributed by atoms with van der Waals surface area (Å²) in [6, 6.07) is 55.3. The number of pyridine rings is 1. The number of rotatable bonds is 7. The van der Waals surface area contributed by atoms with E-state index in [0.29, 0.717) is 11.5 Å². The van der Waals surface area contributed by atoms with Crippen LogP contribution in [-0.2, 0) is 40.2 Å². The Bertz CT molecular complexity index is 3030. The van der Waals surface area contributed by atoms with E-state index < -0.39 is 21.4 Å². The Morgan fingerprint density at radius 2 is 1.26 bits per heavy atom. The fraction of sp³-hybridized carbons (Fsp3) is 0.222. The molecule has 0 bridgehead atoms. The minimum atomic E-state index is -0.709. The van der Waals surface area contributed by atoms with E-state index in [1.807, 2.05) is 30.5 Å². The van der Waals surface area contributed by atoms with Crippen molar-refractivity contribution in [2.45, 2.75) is 78.4 Å². The average molecular weight is 1050 g/mol. The molecule has 0 atom stereocenters. The first kappa shape index (κ1) is 45.6. The van der Waals surface area contributed by atoms with Gasteiger partial charge >= 0.3 is 21.4 Å². The van der Waals surface area contributed by atoms with Crippen LogP contribution in [0.4, 0.5) is 22.7 Å². The molecule has 1 saturated heterocycles. The number of hydrogen-bond donors (Lipinski definition) is 0. The first-order valence-corrected chi connectivity index (χ1v) is 22.4. The number of aromatic nitrogens is 2. The Hall–Kier alpha value is -5.57. The summed E-state index contributed by atoms with van der Waals surface area (Å²) in [5, 5.41) is 1.61. The Balaban J connectivity index is 0.00000548. The smallest absolute Gasteiger partial charge is 0.468 e. The number of para-hydroxylation sites is 4. The molecule has 0 unspecified atom stereocenters. The quantitative estimate of drug-likeness (QED) is 0.116. The van der Waals surface area contributed by atoms with Crippen LogP contribution >= 0.6 is 0 Å². The number of fused-ring (bicyclic) bond motifs is 4. The van der Waals surface area contributed by atoms with Crippen molar-refractivity contribution in [1.29, 1.82) is 0 Å². The van der Waals surface area contributed by atoms with Gasteiger partial charge in [-0.3, -0.25) is 0 Å². The maximum absolute atomic E-state index is 6.79. The van der Waals surface area contributed by atoms with Crippen LogP contribution < -0.4 is 20.0 Å². The minimum absolute atomic E-state index is 0. The fourth-order valence-electron chi connectivity index (χ4n) is 8.68. The zero-order valence-corrected chi connectivity index (χ0v) is 41.2. The Labute approximate surface area is 404 Å². The van der Waals surface area contributed by atoms with Crippen molar-refractivity contribution in [2.75, 3.05) is 9.80 Å². The normalized spacial score (nSPS) is 14.5. The zero-order chi connectivity index (χ0) is 45.3. The number of ether oxygens (including phenoxy) is 1. The van der Waals surface area contributed by atoms with Gasteiger partial charge in [0.1, 0.15) is 5.82 Å². The minimum Gasteiger partial charge on any atom is -0.509 e. The second-order valence-electron chi connectivity index (χ2n) is 20.2. The molecule has 0 amide bonds. The van der Waals surface area contributed by atoms with Crippen molar-refractivity contribution in [3.8, 4) is 28.4 Å². The predicted octanol–water partition coefficient (Wildman–Crippen LogP) is 13.3. The molecule has 66 heavy (non-hydrogen) atoms. The maximum atomic E-state index is 6.79. The van der Waals surface area contributed by atoms with E-state index >= 15 is 0 Å². The summed E-state index contributed by atoms with van der Waals surface area (Å²) in [5.41, 5.74) is 9.90. The van der Waals surface area contributed by atoms with Gasteiger partial charge in [0, 0.05) is 72.4 Å². The standard InChI is InChI=1S/C54H52B3N4O4.Pt/c1-52(2,3)38-31-32-58-50(33-38)61-46-26-14-13-23-43(46)44-30-29-41(35-49(44)61)62-40-22-17-21-39(34-40)59-36-60(48-28-16-15-27-47(48)59)51-42(37-19-11-10-12-20-37)24-18-25-45(51)55-63-56(53(4,5)6)65-57(64-55)54(7,8)9;/h10-33,36H,1-9H3;/q-3;. The molecule has 4 heterocycles. The summed E-state index contributed by atoms with van der Waals surface area (Å²) in [4.78, 5) is 9.26. The summed E-state index contributed by atoms with van der Waals surface area (Å²) >= 11 is 0. The Morgan fingerprint density at radius 3 is 1.97 bits per heavy atom. The van der Waals surface area contributed by atoms with Crippen molar-refractivity contribution >= 4 is 71.4 Å². The molecule has 10 rings (SSSR count). The molecule has 0 N–H and O–H groups in total. The Morgan fingerprint density at radius 1 is 0.606 bits per heavy atom. The second-order valence-corrected chi connectivity index (χ2v) is 20.2. The third kappa shape index (κ3) is 8.63. The fourth-order valence-corrected chi connectivity index (χ4v) is 8.68. The van der Waals surface area contributed by atoms with Crippen LogP contribution in [0, 0.1) is 18.8 Å². The molecular weight excluding hydrogens is 996 g/mol. The van der Waals surface area contributed by atoms with Gasteiger partial charge in [-0.15, -0.1) is 48.1 Å². The molecule has 334 valence electrons. The van der Waals surface area contributed by atoms with Crippen LogP contribution in [0.1, 0.15) is 67.9 Å². The molecule has 8 aromatic rings. The van der Waals surface area contributed by atoms with Gasteiger partial charge in [0.25, 0.3) is 0 Å². The van der Waals surface area contributed by atoms with E-state index in [4.69, 9.17) is 23.4 Å². The molecular formula is C54H52B3N4O4Pt-3. The SMILES string of the molecule is CC(C)(C)B1OB(c2cccc(-c3ccccc3)c2N2[CH-]N(c3[c-]c(Oc4[c-]c5c(cc4)c4ccccc4n5-c4cc(C(C)(C)C)ccn4)ccc3)c3ccccc32)OB(C(C)(C)C)O1.[Pt]. The molecule has 8 nitrogen and oxygen atoms in total. The van der Waals surface area contributed by atoms with E-state index in [0.717, 1.165) is 67.0 Å². The number of hydrogen-bond acceptors (Lipinski definition) is 7. The zero-order valence-electron chi connectivity index (χ0n) is 38.9. The number of nitrogens with zero attached hydrogens (tertiary/aromatic N) is 4. The van der Waals surface area contributed by atoms with Crippen molar-refractivity contribution < 1.29 is 39.5 Å². The Kier molecular flexibility index (Phi) is 12.1. The number of benzene rings is 6. The molecule has 12 heteroatoms. The van der Waals surface area contributed by atoms with Gasteiger partial charge in [0.2, 0.25) is 0 Å². The van der Waals surface area contributed by atoms with Gasteiger partial charge in [-0.2, -0.15) is 12.1 Å². The molecule has 0 spiro atoms. The van der Waals surface area contributed by atoms with E-state index in [1.54, 1.807) is 0 Å². The average Bonchev–Trinajstić information content (AvgIpc) is 3.84. The van der Waals surface area contributed by atoms with Gasteiger partial charge in [-0.25, -0.2) is 4.98 Å². The van der Waals surface area contributed by atoms with Crippen LogP contribution in [0.25, 0.3) is 38.8 Å². The predicted molar refractivity (Wildman–Crippen MR) is 268 cm³/mol. The van der Waals surface area contributed by atoms with Gasteiger partial charge in [0.05, 0.1) is 0 Å². The van der Waals surface area contributed by atoms with E-state index in [2.05, 4.69) is 211 Å². The van der Waals surface area contributed by atoms with Crippen molar-refractivity contribution in [3.05, 3.63) is 170 Å². The maximum Gasteiger partial charge on any atom is 0.468 e. The third-order valence-corrected chi connectivity index (χ3v) is 12.1. The topological polar surface area (TPSA) is 61.2 Å². The van der Waals surface area contributed by atoms with E-state index in [9.17, 15) is 0 Å². The summed E-state index contributed by atoms with van der Waals surface area (Å²) in [7, 11) is -1.71. The van der Waals surface area contributed by atoms with Crippen LogP contribution in [0.3, 0.4) is 0 Å². The number of anilines is 4. The van der Waals surface area contributed by atoms with Gasteiger partial charge in [-0.05, 0) is 62.9 Å². The van der Waals surface area contributed by atoms with Crippen molar-refractivity contribution in [1.82, 2.24) is 9.55 Å². The molecule has 2 aliphatic heterocycles. The largest absolute Gasteiger partial charge is 0.509 e. The monoisotopic (exact) mass is 1050 g/mol. The molecule has 2 aliphatic rings.